The molecule has 0 radical (unpaired) electrons. The second-order valence-electron chi connectivity index (χ2n) is 8.72. The van der Waals surface area contributed by atoms with Gasteiger partial charge in [0.25, 0.3) is 0 Å². The first-order valence-corrected chi connectivity index (χ1v) is 10.1. The Morgan fingerprint density at radius 3 is 2.33 bits per heavy atom. The fourth-order valence-corrected chi connectivity index (χ4v) is 4.81. The number of nitrogens with one attached hydrogen (secondary N) is 1. The van der Waals surface area contributed by atoms with Crippen LogP contribution in [-0.4, -0.2) is 17.9 Å². The SMILES string of the molecule is CC1CCC(C(C)C)C(C[C@H](NC(=O)[C@H](C)N)c2ccccc2)(C(N)=O)C1. The number of amides is 2. The molecule has 0 heterocycles. The van der Waals surface area contributed by atoms with Crippen molar-refractivity contribution in [2.45, 2.75) is 65.5 Å². The van der Waals surface area contributed by atoms with E-state index in [1.54, 1.807) is 6.92 Å². The maximum atomic E-state index is 12.8. The normalized spacial score (nSPS) is 27.8. The zero-order valence-corrected chi connectivity index (χ0v) is 17.1. The Hall–Kier alpha value is -1.88. The van der Waals surface area contributed by atoms with Crippen molar-refractivity contribution in [1.29, 1.82) is 0 Å². The van der Waals surface area contributed by atoms with Gasteiger partial charge in [-0.2, -0.15) is 0 Å². The van der Waals surface area contributed by atoms with E-state index < -0.39 is 11.5 Å². The third-order valence-electron chi connectivity index (χ3n) is 6.19. The molecule has 5 nitrogen and oxygen atoms in total. The fourth-order valence-electron chi connectivity index (χ4n) is 4.81. The van der Waals surface area contributed by atoms with Crippen LogP contribution in [0, 0.1) is 23.2 Å². The van der Waals surface area contributed by atoms with E-state index in [0.717, 1.165) is 24.8 Å². The molecule has 0 saturated heterocycles. The van der Waals surface area contributed by atoms with E-state index in [2.05, 4.69) is 26.1 Å². The quantitative estimate of drug-likeness (QED) is 0.685. The first-order chi connectivity index (χ1) is 12.7. The Bertz CT molecular complexity index is 644. The lowest BCUT2D eigenvalue weighted by molar-refractivity contribution is -0.138. The van der Waals surface area contributed by atoms with Gasteiger partial charge in [-0.1, -0.05) is 57.5 Å². The lowest BCUT2D eigenvalue weighted by Gasteiger charge is -2.48. The molecule has 27 heavy (non-hydrogen) atoms. The lowest BCUT2D eigenvalue weighted by Crippen LogP contribution is -2.51. The summed E-state index contributed by atoms with van der Waals surface area (Å²) < 4.78 is 0. The molecule has 2 amide bonds. The van der Waals surface area contributed by atoms with Gasteiger partial charge in [0.1, 0.15) is 0 Å². The van der Waals surface area contributed by atoms with E-state index in [4.69, 9.17) is 11.5 Å². The molecule has 150 valence electrons. The average Bonchev–Trinajstić information content (AvgIpc) is 2.61. The summed E-state index contributed by atoms with van der Waals surface area (Å²) in [5.74, 6) is 0.542. The van der Waals surface area contributed by atoms with Crippen LogP contribution < -0.4 is 16.8 Å². The van der Waals surface area contributed by atoms with E-state index >= 15 is 0 Å². The van der Waals surface area contributed by atoms with Crippen molar-refractivity contribution >= 4 is 11.8 Å². The number of nitrogens with two attached hydrogens (primary N) is 2. The smallest absolute Gasteiger partial charge is 0.237 e. The molecule has 1 aliphatic rings. The Morgan fingerprint density at radius 2 is 1.81 bits per heavy atom. The number of carbonyl (C=O) groups excluding carboxylic acids is 2. The molecular weight excluding hydrogens is 338 g/mol. The Balaban J connectivity index is 2.43. The number of carbonyl (C=O) groups is 2. The predicted molar refractivity (Wildman–Crippen MR) is 109 cm³/mol. The largest absolute Gasteiger partial charge is 0.369 e. The summed E-state index contributed by atoms with van der Waals surface area (Å²) >= 11 is 0. The molecule has 5 heteroatoms. The van der Waals surface area contributed by atoms with Crippen molar-refractivity contribution in [3.63, 3.8) is 0 Å². The molecule has 1 aromatic carbocycles. The van der Waals surface area contributed by atoms with Crippen molar-refractivity contribution in [3.8, 4) is 0 Å². The molecule has 1 saturated carbocycles. The molecule has 3 unspecified atom stereocenters. The number of primary amides is 1. The topological polar surface area (TPSA) is 98.2 Å². The van der Waals surface area contributed by atoms with Crippen LogP contribution >= 0.6 is 0 Å². The summed E-state index contributed by atoms with van der Waals surface area (Å²) in [6, 6.07) is 8.91. The van der Waals surface area contributed by atoms with E-state index in [1.165, 1.54) is 0 Å². The molecular formula is C22H35N3O2. The van der Waals surface area contributed by atoms with E-state index in [0.29, 0.717) is 18.3 Å². The highest BCUT2D eigenvalue weighted by Crippen LogP contribution is 2.51. The molecule has 0 bridgehead atoms. The number of hydrogen-bond donors (Lipinski definition) is 3. The number of benzene rings is 1. The van der Waals surface area contributed by atoms with Gasteiger partial charge < -0.3 is 16.8 Å². The van der Waals surface area contributed by atoms with E-state index in [1.807, 2.05) is 30.3 Å². The molecule has 1 aromatic rings. The standard InChI is InChI=1S/C22H35N3O2/c1-14(2)18-11-10-15(3)12-22(18,21(24)27)13-19(25-20(26)16(4)23)17-8-6-5-7-9-17/h5-9,14-16,18-19H,10-13,23H2,1-4H3,(H2,24,27)(H,25,26)/t15?,16-,18?,19-,22?/m0/s1. The van der Waals surface area contributed by atoms with Gasteiger partial charge in [0.05, 0.1) is 17.5 Å². The summed E-state index contributed by atoms with van der Waals surface area (Å²) in [7, 11) is 0. The monoisotopic (exact) mass is 373 g/mol. The lowest BCUT2D eigenvalue weighted by atomic mass is 9.57. The van der Waals surface area contributed by atoms with Crippen LogP contribution in [0.5, 0.6) is 0 Å². The summed E-state index contributed by atoms with van der Waals surface area (Å²) in [6.45, 7) is 8.18. The minimum absolute atomic E-state index is 0.213. The van der Waals surface area contributed by atoms with Gasteiger partial charge in [-0.3, -0.25) is 9.59 Å². The van der Waals surface area contributed by atoms with E-state index in [-0.39, 0.29) is 23.8 Å². The first kappa shape index (κ1) is 21.4. The van der Waals surface area contributed by atoms with Crippen LogP contribution in [-0.2, 0) is 9.59 Å². The highest BCUT2D eigenvalue weighted by atomic mass is 16.2. The fraction of sp³-hybridized carbons (Fsp3) is 0.636. The maximum Gasteiger partial charge on any atom is 0.237 e. The van der Waals surface area contributed by atoms with Gasteiger partial charge >= 0.3 is 0 Å². The molecule has 5 N–H and O–H groups in total. The highest BCUT2D eigenvalue weighted by Gasteiger charge is 2.50. The summed E-state index contributed by atoms with van der Waals surface area (Å²) in [6.07, 6.45) is 3.38. The van der Waals surface area contributed by atoms with E-state index in [9.17, 15) is 9.59 Å². The predicted octanol–water partition coefficient (Wildman–Crippen LogP) is 3.15. The van der Waals surface area contributed by atoms with Crippen molar-refractivity contribution in [2.24, 2.45) is 34.6 Å². The minimum atomic E-state index is -0.628. The van der Waals surface area contributed by atoms with Gasteiger partial charge in [0, 0.05) is 0 Å². The van der Waals surface area contributed by atoms with Crippen LogP contribution in [0.3, 0.4) is 0 Å². The second-order valence-corrected chi connectivity index (χ2v) is 8.72. The van der Waals surface area contributed by atoms with Crippen molar-refractivity contribution in [1.82, 2.24) is 5.32 Å². The molecule has 0 aromatic heterocycles. The van der Waals surface area contributed by atoms with Crippen LogP contribution in [0.2, 0.25) is 0 Å². The van der Waals surface area contributed by atoms with Gasteiger partial charge in [-0.05, 0) is 49.5 Å². The Labute approximate surface area is 163 Å². The molecule has 1 fully saturated rings. The van der Waals surface area contributed by atoms with Gasteiger partial charge in [0.15, 0.2) is 0 Å². The highest BCUT2D eigenvalue weighted by molar-refractivity contribution is 5.83. The van der Waals surface area contributed by atoms with Crippen molar-refractivity contribution in [3.05, 3.63) is 35.9 Å². The molecule has 1 aliphatic carbocycles. The van der Waals surface area contributed by atoms with Crippen molar-refractivity contribution < 1.29 is 9.59 Å². The Morgan fingerprint density at radius 1 is 1.19 bits per heavy atom. The zero-order chi connectivity index (χ0) is 20.2. The number of hydrogen-bond acceptors (Lipinski definition) is 3. The molecule has 5 atom stereocenters. The molecule has 2 rings (SSSR count). The molecule has 0 spiro atoms. The summed E-state index contributed by atoms with van der Waals surface area (Å²) in [4.78, 5) is 25.2. The van der Waals surface area contributed by atoms with Crippen molar-refractivity contribution in [2.75, 3.05) is 0 Å². The summed E-state index contributed by atoms with van der Waals surface area (Å²) in [5.41, 5.74) is 12.2. The third kappa shape index (κ3) is 4.89. The van der Waals surface area contributed by atoms with Gasteiger partial charge in [-0.15, -0.1) is 0 Å². The first-order valence-electron chi connectivity index (χ1n) is 10.1. The number of rotatable bonds is 7. The van der Waals surface area contributed by atoms with Crippen LogP contribution in [0.25, 0.3) is 0 Å². The third-order valence-corrected chi connectivity index (χ3v) is 6.19. The minimum Gasteiger partial charge on any atom is -0.369 e. The second kappa shape index (κ2) is 8.87. The van der Waals surface area contributed by atoms with Crippen LogP contribution in [0.4, 0.5) is 0 Å². The van der Waals surface area contributed by atoms with Gasteiger partial charge in [0.2, 0.25) is 11.8 Å². The van der Waals surface area contributed by atoms with Crippen LogP contribution in [0.1, 0.15) is 65.0 Å². The zero-order valence-electron chi connectivity index (χ0n) is 17.1. The van der Waals surface area contributed by atoms with Gasteiger partial charge in [-0.25, -0.2) is 0 Å². The Kier molecular flexibility index (Phi) is 7.04. The molecule has 0 aliphatic heterocycles. The average molecular weight is 374 g/mol. The summed E-state index contributed by atoms with van der Waals surface area (Å²) in [5, 5.41) is 3.06. The van der Waals surface area contributed by atoms with Crippen LogP contribution in [0.15, 0.2) is 30.3 Å². The maximum absolute atomic E-state index is 12.8.